The van der Waals surface area contributed by atoms with Crippen molar-refractivity contribution in [2.45, 2.75) is 13.0 Å². The molecule has 0 unspecified atom stereocenters. The first-order valence-electron chi connectivity index (χ1n) is 11.6. The number of thiazole rings is 1. The quantitative estimate of drug-likeness (QED) is 0.271. The number of aliphatic hydroxyl groups excluding tert-OH is 1. The normalized spacial score (nSPS) is 15.8. The monoisotopic (exact) mass is 512 g/mol. The van der Waals surface area contributed by atoms with E-state index in [2.05, 4.69) is 4.98 Å². The van der Waals surface area contributed by atoms with E-state index in [-0.39, 0.29) is 17.1 Å². The molecule has 1 amide bonds. The van der Waals surface area contributed by atoms with E-state index >= 15 is 0 Å². The lowest BCUT2D eigenvalue weighted by molar-refractivity contribution is -0.117. The summed E-state index contributed by atoms with van der Waals surface area (Å²) in [5.41, 5.74) is 1.56. The average Bonchev–Trinajstić information content (AvgIpc) is 3.58. The summed E-state index contributed by atoms with van der Waals surface area (Å²) < 4.78 is 12.1. The number of phenols is 1. The lowest BCUT2D eigenvalue weighted by atomic mass is 9.95. The van der Waals surface area contributed by atoms with Crippen LogP contribution in [0, 0.1) is 0 Å². The number of phenolic OH excluding ortho intramolecular Hbond substituents is 1. The highest BCUT2D eigenvalue weighted by Gasteiger charge is 2.46. The molecule has 6 rings (SSSR count). The molecular weight excluding hydrogens is 492 g/mol. The number of aliphatic hydroxyl groups is 1. The molecule has 3 aromatic carbocycles. The number of nitrogens with zero attached hydrogens (tertiary/aromatic N) is 2. The summed E-state index contributed by atoms with van der Waals surface area (Å²) in [4.78, 5) is 33.1. The number of para-hydroxylation sites is 1. The van der Waals surface area contributed by atoms with E-state index in [4.69, 9.17) is 9.15 Å². The van der Waals surface area contributed by atoms with Crippen molar-refractivity contribution in [3.8, 4) is 11.5 Å². The highest BCUT2D eigenvalue weighted by atomic mass is 32.1. The Morgan fingerprint density at radius 1 is 1.08 bits per heavy atom. The largest absolute Gasteiger partial charge is 0.508 e. The van der Waals surface area contributed by atoms with Crippen LogP contribution in [0.1, 0.15) is 29.1 Å². The van der Waals surface area contributed by atoms with Gasteiger partial charge in [-0.05, 0) is 55.0 Å². The number of aromatic nitrogens is 1. The van der Waals surface area contributed by atoms with Crippen LogP contribution in [-0.2, 0) is 4.79 Å². The van der Waals surface area contributed by atoms with Crippen LogP contribution in [0.2, 0.25) is 0 Å². The summed E-state index contributed by atoms with van der Waals surface area (Å²) in [5.74, 6) is -1.31. The molecule has 0 fully saturated rings. The molecule has 0 saturated heterocycles. The van der Waals surface area contributed by atoms with E-state index in [1.807, 2.05) is 25.1 Å². The van der Waals surface area contributed by atoms with Gasteiger partial charge in [0.05, 0.1) is 28.4 Å². The number of amides is 1. The van der Waals surface area contributed by atoms with E-state index in [1.54, 1.807) is 42.5 Å². The molecule has 0 radical (unpaired) electrons. The van der Waals surface area contributed by atoms with E-state index < -0.39 is 23.5 Å². The Labute approximate surface area is 214 Å². The number of furan rings is 1. The molecule has 1 aliphatic rings. The van der Waals surface area contributed by atoms with Crippen LogP contribution in [0.25, 0.3) is 21.2 Å². The predicted octanol–water partition coefficient (Wildman–Crippen LogP) is 5.93. The van der Waals surface area contributed by atoms with E-state index in [0.29, 0.717) is 34.2 Å². The second-order valence-electron chi connectivity index (χ2n) is 8.47. The lowest BCUT2D eigenvalue weighted by Gasteiger charge is -2.24. The smallest absolute Gasteiger partial charge is 0.296 e. The Bertz CT molecular complexity index is 1680. The molecule has 3 heterocycles. The third kappa shape index (κ3) is 3.80. The van der Waals surface area contributed by atoms with Gasteiger partial charge in [-0.1, -0.05) is 41.7 Å². The SMILES string of the molecule is CCOc1ccc2nc(N3C(=O)C(O)=C(C(=O)c4cc5ccccc5o4)[C@H]3c3ccc(O)cc3)sc2c1. The van der Waals surface area contributed by atoms with Gasteiger partial charge >= 0.3 is 0 Å². The van der Waals surface area contributed by atoms with Gasteiger partial charge in [-0.15, -0.1) is 0 Å². The first-order chi connectivity index (χ1) is 17.9. The minimum Gasteiger partial charge on any atom is -0.508 e. The maximum absolute atomic E-state index is 13.7. The number of ether oxygens (including phenoxy) is 1. The van der Waals surface area contributed by atoms with Crippen molar-refractivity contribution >= 4 is 49.3 Å². The maximum Gasteiger partial charge on any atom is 0.296 e. The Balaban J connectivity index is 1.48. The zero-order valence-electron chi connectivity index (χ0n) is 19.5. The van der Waals surface area contributed by atoms with E-state index in [1.165, 1.54) is 28.4 Å². The van der Waals surface area contributed by atoms with E-state index in [9.17, 15) is 19.8 Å². The molecule has 2 aromatic heterocycles. The molecule has 1 atom stereocenters. The molecule has 8 nitrogen and oxygen atoms in total. The van der Waals surface area contributed by atoms with Gasteiger partial charge in [-0.25, -0.2) is 4.98 Å². The van der Waals surface area contributed by atoms with Crippen LogP contribution in [0.4, 0.5) is 5.13 Å². The molecule has 5 aromatic rings. The third-order valence-corrected chi connectivity index (χ3v) is 7.19. The van der Waals surface area contributed by atoms with Crippen molar-refractivity contribution in [1.29, 1.82) is 0 Å². The number of hydrogen-bond donors (Lipinski definition) is 2. The van der Waals surface area contributed by atoms with Gasteiger partial charge in [0.25, 0.3) is 5.91 Å². The standard InChI is InChI=1S/C28H20N2O6S/c1-2-35-18-11-12-19-22(14-18)37-28(29-19)30-24(15-7-9-17(31)10-8-15)23(26(33)27(30)34)25(32)21-13-16-5-3-4-6-20(16)36-21/h3-14,24,31,33H,2H2,1H3/t24-/m1/s1. The Morgan fingerprint density at radius 2 is 1.86 bits per heavy atom. The number of ketones is 1. The van der Waals surface area contributed by atoms with Crippen molar-refractivity contribution in [2.75, 3.05) is 11.5 Å². The number of carbonyl (C=O) groups is 2. The number of Topliss-reactive ketones (excluding diaryl/α,β-unsaturated/α-hetero) is 1. The van der Waals surface area contributed by atoms with Gasteiger partial charge in [-0.2, -0.15) is 0 Å². The zero-order valence-corrected chi connectivity index (χ0v) is 20.4. The van der Waals surface area contributed by atoms with Gasteiger partial charge in [0.2, 0.25) is 5.78 Å². The molecule has 0 aliphatic carbocycles. The van der Waals surface area contributed by atoms with Gasteiger partial charge in [0.15, 0.2) is 16.7 Å². The number of rotatable bonds is 6. The molecule has 1 aliphatic heterocycles. The summed E-state index contributed by atoms with van der Waals surface area (Å²) in [5, 5.41) is 21.9. The van der Waals surface area contributed by atoms with Crippen molar-refractivity contribution < 1.29 is 29.0 Å². The van der Waals surface area contributed by atoms with Crippen LogP contribution in [0.15, 0.2) is 88.5 Å². The summed E-state index contributed by atoms with van der Waals surface area (Å²) in [6.45, 7) is 2.40. The average molecular weight is 513 g/mol. The fourth-order valence-corrected chi connectivity index (χ4v) is 5.51. The molecule has 2 N–H and O–H groups in total. The van der Waals surface area contributed by atoms with Crippen molar-refractivity contribution in [2.24, 2.45) is 0 Å². The van der Waals surface area contributed by atoms with Gasteiger partial charge in [0, 0.05) is 5.39 Å². The molecule has 0 spiro atoms. The number of benzene rings is 3. The van der Waals surface area contributed by atoms with Crippen LogP contribution in [0.3, 0.4) is 0 Å². The minimum atomic E-state index is -0.985. The van der Waals surface area contributed by atoms with E-state index in [0.717, 1.165) is 10.1 Å². The molecular formula is C28H20N2O6S. The summed E-state index contributed by atoms with van der Waals surface area (Å²) >= 11 is 1.25. The van der Waals surface area contributed by atoms with Crippen LogP contribution in [0.5, 0.6) is 11.5 Å². The first kappa shape index (κ1) is 22.8. The van der Waals surface area contributed by atoms with Crippen molar-refractivity contribution in [3.05, 3.63) is 95.5 Å². The molecule has 0 saturated carbocycles. The maximum atomic E-state index is 13.7. The van der Waals surface area contributed by atoms with Crippen molar-refractivity contribution in [3.63, 3.8) is 0 Å². The highest BCUT2D eigenvalue weighted by molar-refractivity contribution is 7.22. The zero-order chi connectivity index (χ0) is 25.7. The molecule has 184 valence electrons. The second-order valence-corrected chi connectivity index (χ2v) is 9.48. The van der Waals surface area contributed by atoms with Crippen molar-refractivity contribution in [1.82, 2.24) is 4.98 Å². The van der Waals surface area contributed by atoms with Gasteiger partial charge in [0.1, 0.15) is 17.1 Å². The van der Waals surface area contributed by atoms with Gasteiger partial charge in [-0.3, -0.25) is 14.5 Å². The number of fused-ring (bicyclic) bond motifs is 2. The number of anilines is 1. The topological polar surface area (TPSA) is 113 Å². The predicted molar refractivity (Wildman–Crippen MR) is 139 cm³/mol. The molecule has 9 heteroatoms. The lowest BCUT2D eigenvalue weighted by Crippen LogP contribution is -2.30. The fourth-order valence-electron chi connectivity index (χ4n) is 4.49. The molecule has 37 heavy (non-hydrogen) atoms. The van der Waals surface area contributed by atoms with Crippen LogP contribution in [-0.4, -0.2) is 33.5 Å². The summed E-state index contributed by atoms with van der Waals surface area (Å²) in [6, 6.07) is 19.3. The number of aromatic hydroxyl groups is 1. The highest BCUT2D eigenvalue weighted by Crippen LogP contribution is 2.45. The number of hydrogen-bond acceptors (Lipinski definition) is 8. The summed E-state index contributed by atoms with van der Waals surface area (Å²) in [6.07, 6.45) is 0. The Morgan fingerprint density at radius 3 is 2.62 bits per heavy atom. The third-order valence-electron chi connectivity index (χ3n) is 6.18. The number of carbonyl (C=O) groups excluding carboxylic acids is 2. The molecule has 0 bridgehead atoms. The minimum absolute atomic E-state index is 0.00633. The fraction of sp³-hybridized carbons (Fsp3) is 0.107. The van der Waals surface area contributed by atoms with Gasteiger partial charge < -0.3 is 19.4 Å². The Kier molecular flexibility index (Phi) is 5.42. The first-order valence-corrected chi connectivity index (χ1v) is 12.4. The summed E-state index contributed by atoms with van der Waals surface area (Å²) in [7, 11) is 0. The van der Waals surface area contributed by atoms with Crippen LogP contribution < -0.4 is 9.64 Å². The second kappa shape index (κ2) is 8.79. The van der Waals surface area contributed by atoms with Crippen LogP contribution >= 0.6 is 11.3 Å². The Hall–Kier alpha value is -4.63.